The number of pyridine rings is 1. The number of hydrogen-bond acceptors (Lipinski definition) is 4. The molecule has 0 radical (unpaired) electrons. The van der Waals surface area contributed by atoms with Gasteiger partial charge in [-0.1, -0.05) is 23.8 Å². The summed E-state index contributed by atoms with van der Waals surface area (Å²) in [5, 5.41) is 0. The van der Waals surface area contributed by atoms with Gasteiger partial charge < -0.3 is 6.15 Å². The average molecular weight is 268 g/mol. The van der Waals surface area contributed by atoms with E-state index in [0.29, 0.717) is 0 Å². The lowest BCUT2D eigenvalue weighted by Crippen LogP contribution is -1.96. The van der Waals surface area contributed by atoms with Gasteiger partial charge in [0.15, 0.2) is 0 Å². The van der Waals surface area contributed by atoms with E-state index < -0.39 is 10.1 Å². The van der Waals surface area contributed by atoms with Gasteiger partial charge in [0, 0.05) is 12.4 Å². The molecule has 0 saturated heterocycles. The molecule has 0 atom stereocenters. The highest BCUT2D eigenvalue weighted by Crippen LogP contribution is 2.08. The molecule has 0 fully saturated rings. The zero-order valence-corrected chi connectivity index (χ0v) is 10.8. The molecule has 0 aliphatic heterocycles. The molecule has 6 heteroatoms. The van der Waals surface area contributed by atoms with Crippen molar-refractivity contribution in [3.8, 4) is 0 Å². The minimum Gasteiger partial charge on any atom is -0.344 e. The van der Waals surface area contributed by atoms with Crippen molar-refractivity contribution >= 4 is 10.1 Å². The summed E-state index contributed by atoms with van der Waals surface area (Å²) >= 11 is 0. The van der Waals surface area contributed by atoms with E-state index in [2.05, 4.69) is 4.98 Å². The molecule has 0 spiro atoms. The lowest BCUT2D eigenvalue weighted by Gasteiger charge is -1.95. The van der Waals surface area contributed by atoms with Crippen LogP contribution in [0.1, 0.15) is 5.56 Å². The van der Waals surface area contributed by atoms with Gasteiger partial charge in [0.1, 0.15) is 0 Å². The van der Waals surface area contributed by atoms with Crippen LogP contribution in [-0.2, 0) is 10.1 Å². The van der Waals surface area contributed by atoms with E-state index in [-0.39, 0.29) is 11.0 Å². The summed E-state index contributed by atoms with van der Waals surface area (Å²) in [5.74, 6) is 0. The third-order valence-electron chi connectivity index (χ3n) is 1.89. The third kappa shape index (κ3) is 6.09. The highest BCUT2D eigenvalue weighted by molar-refractivity contribution is 7.85. The van der Waals surface area contributed by atoms with Crippen LogP contribution in [0, 0.1) is 6.92 Å². The summed E-state index contributed by atoms with van der Waals surface area (Å²) in [6, 6.07) is 11.7. The summed E-state index contributed by atoms with van der Waals surface area (Å²) in [6.45, 7) is 1.84. The smallest absolute Gasteiger partial charge is 0.294 e. The first-order chi connectivity index (χ1) is 8.00. The molecule has 0 saturated carbocycles. The molecule has 4 N–H and O–H groups in total. The van der Waals surface area contributed by atoms with Crippen LogP contribution in [0.5, 0.6) is 0 Å². The van der Waals surface area contributed by atoms with Gasteiger partial charge in [-0.05, 0) is 31.2 Å². The van der Waals surface area contributed by atoms with Gasteiger partial charge in [-0.25, -0.2) is 0 Å². The Morgan fingerprint density at radius 1 is 1.00 bits per heavy atom. The molecule has 0 aliphatic rings. The Labute approximate surface area is 107 Å². The monoisotopic (exact) mass is 268 g/mol. The molecular weight excluding hydrogens is 252 g/mol. The van der Waals surface area contributed by atoms with Crippen LogP contribution in [0.15, 0.2) is 59.8 Å². The van der Waals surface area contributed by atoms with Crippen LogP contribution in [0.4, 0.5) is 0 Å². The van der Waals surface area contributed by atoms with Gasteiger partial charge >= 0.3 is 0 Å². The van der Waals surface area contributed by atoms with Crippen molar-refractivity contribution in [2.24, 2.45) is 0 Å². The number of nitrogens with zero attached hydrogens (tertiary/aromatic N) is 1. The van der Waals surface area contributed by atoms with Crippen LogP contribution in [0.25, 0.3) is 0 Å². The zero-order chi connectivity index (χ0) is 12.7. The van der Waals surface area contributed by atoms with E-state index in [9.17, 15) is 8.42 Å². The van der Waals surface area contributed by atoms with Crippen molar-refractivity contribution in [1.82, 2.24) is 11.1 Å². The summed E-state index contributed by atoms with van der Waals surface area (Å²) in [4.78, 5) is 3.72. The maximum atomic E-state index is 10.5. The number of aryl methyl sites for hydroxylation is 1. The number of benzene rings is 1. The molecule has 1 heterocycles. The lowest BCUT2D eigenvalue weighted by molar-refractivity contribution is 0.483. The average Bonchev–Trinajstić information content (AvgIpc) is 2.31. The first-order valence-corrected chi connectivity index (χ1v) is 6.33. The van der Waals surface area contributed by atoms with E-state index in [1.54, 1.807) is 24.5 Å². The van der Waals surface area contributed by atoms with Crippen molar-refractivity contribution in [1.29, 1.82) is 0 Å². The van der Waals surface area contributed by atoms with Gasteiger partial charge in [-0.15, -0.1) is 0 Å². The summed E-state index contributed by atoms with van der Waals surface area (Å²) in [5.41, 5.74) is 0.956. The molecule has 0 unspecified atom stereocenters. The second kappa shape index (κ2) is 7.54. The molecule has 1 aromatic heterocycles. The Balaban J connectivity index is 0.000000352. The molecule has 0 bridgehead atoms. The minimum atomic E-state index is -4.02. The number of hydrogen-bond donors (Lipinski definition) is 2. The minimum absolute atomic E-state index is 0. The van der Waals surface area contributed by atoms with E-state index in [0.717, 1.165) is 5.56 Å². The fourth-order valence-corrected chi connectivity index (χ4v) is 1.50. The van der Waals surface area contributed by atoms with Crippen LogP contribution < -0.4 is 6.15 Å². The van der Waals surface area contributed by atoms with Crippen molar-refractivity contribution in [3.63, 3.8) is 0 Å². The van der Waals surface area contributed by atoms with E-state index in [1.807, 2.05) is 25.1 Å². The Morgan fingerprint density at radius 2 is 1.50 bits per heavy atom. The maximum absolute atomic E-state index is 10.5. The van der Waals surface area contributed by atoms with Gasteiger partial charge in [-0.3, -0.25) is 9.54 Å². The fourth-order valence-electron chi connectivity index (χ4n) is 1.02. The number of rotatable bonds is 1. The Bertz CT molecular complexity index is 513. The largest absolute Gasteiger partial charge is 0.344 e. The maximum Gasteiger partial charge on any atom is 0.294 e. The molecule has 0 amide bonds. The van der Waals surface area contributed by atoms with E-state index >= 15 is 0 Å². The predicted octanol–water partition coefficient (Wildman–Crippen LogP) is 2.49. The topological polar surface area (TPSA) is 102 Å². The normalized spacial score (nSPS) is 9.67. The Hall–Kier alpha value is -1.76. The lowest BCUT2D eigenvalue weighted by atomic mass is 10.2. The second-order valence-corrected chi connectivity index (χ2v) is 4.73. The molecule has 18 heavy (non-hydrogen) atoms. The van der Waals surface area contributed by atoms with Crippen molar-refractivity contribution < 1.29 is 13.0 Å². The summed E-state index contributed by atoms with van der Waals surface area (Å²) < 4.78 is 29.6. The molecule has 1 aromatic carbocycles. The first-order valence-electron chi connectivity index (χ1n) is 4.89. The van der Waals surface area contributed by atoms with Crippen LogP contribution in [-0.4, -0.2) is 18.0 Å². The second-order valence-electron chi connectivity index (χ2n) is 3.31. The number of aromatic nitrogens is 1. The quantitative estimate of drug-likeness (QED) is 0.773. The summed E-state index contributed by atoms with van der Waals surface area (Å²) in [7, 11) is -4.02. The Morgan fingerprint density at radius 3 is 1.78 bits per heavy atom. The SMILES string of the molecule is Cc1ccc(S(=O)(=O)O)cc1.N.c1ccncc1. The Kier molecular flexibility index (Phi) is 6.81. The summed E-state index contributed by atoms with van der Waals surface area (Å²) in [6.07, 6.45) is 3.50. The van der Waals surface area contributed by atoms with Crippen LogP contribution in [0.2, 0.25) is 0 Å². The fraction of sp³-hybridized carbons (Fsp3) is 0.0833. The van der Waals surface area contributed by atoms with Crippen molar-refractivity contribution in [2.75, 3.05) is 0 Å². The van der Waals surface area contributed by atoms with Crippen molar-refractivity contribution in [2.45, 2.75) is 11.8 Å². The molecule has 5 nitrogen and oxygen atoms in total. The van der Waals surface area contributed by atoms with E-state index in [1.165, 1.54) is 12.1 Å². The highest BCUT2D eigenvalue weighted by Gasteiger charge is 2.06. The van der Waals surface area contributed by atoms with Crippen molar-refractivity contribution in [3.05, 3.63) is 60.4 Å². The predicted molar refractivity (Wildman–Crippen MR) is 70.3 cm³/mol. The van der Waals surface area contributed by atoms with Gasteiger partial charge in [-0.2, -0.15) is 8.42 Å². The molecule has 2 rings (SSSR count). The van der Waals surface area contributed by atoms with Crippen LogP contribution >= 0.6 is 0 Å². The van der Waals surface area contributed by atoms with Gasteiger partial charge in [0.05, 0.1) is 4.90 Å². The zero-order valence-electron chi connectivity index (χ0n) is 10.0. The molecular formula is C12H16N2O3S. The van der Waals surface area contributed by atoms with E-state index in [4.69, 9.17) is 4.55 Å². The molecule has 0 aliphatic carbocycles. The standard InChI is InChI=1S/C7H8O3S.C5H5N.H3N/c1-6-2-4-7(5-3-6)11(8,9)10;1-2-4-6-5-3-1;/h2-5H,1H3,(H,8,9,10);1-5H;1H3. The van der Waals surface area contributed by atoms with Gasteiger partial charge in [0.25, 0.3) is 10.1 Å². The first kappa shape index (κ1) is 16.2. The molecule has 2 aromatic rings. The van der Waals surface area contributed by atoms with Crippen LogP contribution in [0.3, 0.4) is 0 Å². The third-order valence-corrected chi connectivity index (χ3v) is 2.75. The highest BCUT2D eigenvalue weighted by atomic mass is 32.2. The van der Waals surface area contributed by atoms with Gasteiger partial charge in [0.2, 0.25) is 0 Å². The molecule has 98 valence electrons.